The van der Waals surface area contributed by atoms with Gasteiger partial charge < -0.3 is 15.4 Å². The molecular weight excluding hydrogens is 317 g/mol. The molecule has 0 bridgehead atoms. The molecule has 0 saturated heterocycles. The van der Waals surface area contributed by atoms with Gasteiger partial charge in [-0.15, -0.1) is 0 Å². The van der Waals surface area contributed by atoms with E-state index in [1.807, 2.05) is 36.4 Å². The average Bonchev–Trinajstić information content (AvgIpc) is 3.43. The predicted molar refractivity (Wildman–Crippen MR) is 98.5 cm³/mol. The Balaban J connectivity index is 1.55. The number of methoxy groups -OCH3 is 1. The summed E-state index contributed by atoms with van der Waals surface area (Å²) >= 11 is 0. The van der Waals surface area contributed by atoms with Crippen molar-refractivity contribution in [1.29, 1.82) is 0 Å². The van der Waals surface area contributed by atoms with Crippen molar-refractivity contribution >= 4 is 5.96 Å². The van der Waals surface area contributed by atoms with Crippen LogP contribution < -0.4 is 15.4 Å². The molecule has 25 heavy (non-hydrogen) atoms. The molecule has 0 aromatic heterocycles. The van der Waals surface area contributed by atoms with Crippen molar-refractivity contribution in [2.45, 2.75) is 24.8 Å². The lowest BCUT2D eigenvalue weighted by atomic mass is 9.96. The summed E-state index contributed by atoms with van der Waals surface area (Å²) in [5, 5.41) is 6.72. The summed E-state index contributed by atoms with van der Waals surface area (Å²) in [6.45, 7) is 1.46. The lowest BCUT2D eigenvalue weighted by Gasteiger charge is -2.19. The number of guanidine groups is 1. The van der Waals surface area contributed by atoms with Crippen LogP contribution in [0, 0.1) is 5.82 Å². The molecule has 1 fully saturated rings. The van der Waals surface area contributed by atoms with Gasteiger partial charge in [-0.25, -0.2) is 4.39 Å². The fraction of sp³-hybridized carbons (Fsp3) is 0.350. The van der Waals surface area contributed by atoms with Gasteiger partial charge in [0.1, 0.15) is 11.6 Å². The molecule has 0 amide bonds. The van der Waals surface area contributed by atoms with Crippen LogP contribution in [-0.2, 0) is 12.0 Å². The molecule has 0 atom stereocenters. The highest BCUT2D eigenvalue weighted by molar-refractivity contribution is 5.79. The van der Waals surface area contributed by atoms with Gasteiger partial charge in [0.15, 0.2) is 5.96 Å². The number of rotatable bonds is 6. The van der Waals surface area contributed by atoms with Crippen molar-refractivity contribution < 1.29 is 9.13 Å². The Morgan fingerprint density at radius 3 is 2.56 bits per heavy atom. The summed E-state index contributed by atoms with van der Waals surface area (Å²) in [5.74, 6) is 1.41. The highest BCUT2D eigenvalue weighted by Gasteiger charge is 2.44. The molecule has 132 valence electrons. The van der Waals surface area contributed by atoms with Gasteiger partial charge in [-0.05, 0) is 48.2 Å². The third-order valence-corrected chi connectivity index (χ3v) is 4.72. The summed E-state index contributed by atoms with van der Waals surface area (Å²) in [6.07, 6.45) is 2.22. The standard InChI is InChI=1S/C20H24FN3O/c1-22-19(23-13-15-4-3-5-18(12-15)25-2)24-14-20(10-11-20)16-6-8-17(21)9-7-16/h3-9,12H,10-11,13-14H2,1-2H3,(H2,22,23,24). The largest absolute Gasteiger partial charge is 0.497 e. The van der Waals surface area contributed by atoms with Gasteiger partial charge in [0, 0.05) is 25.6 Å². The van der Waals surface area contributed by atoms with E-state index in [-0.39, 0.29) is 11.2 Å². The number of hydrogen-bond donors (Lipinski definition) is 2. The number of hydrogen-bond acceptors (Lipinski definition) is 2. The maximum atomic E-state index is 13.1. The minimum absolute atomic E-state index is 0.0985. The van der Waals surface area contributed by atoms with Gasteiger partial charge in [-0.1, -0.05) is 24.3 Å². The fourth-order valence-electron chi connectivity index (χ4n) is 2.96. The third-order valence-electron chi connectivity index (χ3n) is 4.72. The van der Waals surface area contributed by atoms with Gasteiger partial charge in [-0.2, -0.15) is 0 Å². The van der Waals surface area contributed by atoms with Crippen molar-refractivity contribution in [3.63, 3.8) is 0 Å². The Labute approximate surface area is 148 Å². The van der Waals surface area contributed by atoms with E-state index in [1.165, 1.54) is 17.7 Å². The number of aliphatic imine (C=N–C) groups is 1. The third kappa shape index (κ3) is 4.29. The van der Waals surface area contributed by atoms with Gasteiger partial charge in [0.25, 0.3) is 0 Å². The Hall–Kier alpha value is -2.56. The van der Waals surface area contributed by atoms with Crippen LogP contribution in [0.25, 0.3) is 0 Å². The molecule has 4 nitrogen and oxygen atoms in total. The van der Waals surface area contributed by atoms with Crippen molar-refractivity contribution in [2.75, 3.05) is 20.7 Å². The Morgan fingerprint density at radius 1 is 1.16 bits per heavy atom. The maximum Gasteiger partial charge on any atom is 0.191 e. The zero-order valence-electron chi connectivity index (χ0n) is 14.7. The molecule has 1 aliphatic rings. The van der Waals surface area contributed by atoms with Crippen LogP contribution in [-0.4, -0.2) is 26.7 Å². The summed E-state index contributed by atoms with van der Waals surface area (Å²) in [4.78, 5) is 4.29. The van der Waals surface area contributed by atoms with E-state index in [0.29, 0.717) is 6.54 Å². The molecule has 1 aliphatic carbocycles. The zero-order valence-corrected chi connectivity index (χ0v) is 14.7. The van der Waals surface area contributed by atoms with Gasteiger partial charge in [-0.3, -0.25) is 4.99 Å². The number of ether oxygens (including phenoxy) is 1. The number of benzene rings is 2. The Kier molecular flexibility index (Phi) is 5.22. The lowest BCUT2D eigenvalue weighted by molar-refractivity contribution is 0.414. The second-order valence-corrected chi connectivity index (χ2v) is 6.42. The molecule has 5 heteroatoms. The highest BCUT2D eigenvalue weighted by Crippen LogP contribution is 2.47. The van der Waals surface area contributed by atoms with Crippen molar-refractivity contribution in [3.05, 3.63) is 65.5 Å². The monoisotopic (exact) mass is 341 g/mol. The summed E-state index contributed by atoms with van der Waals surface area (Å²) in [6, 6.07) is 14.8. The van der Waals surface area contributed by atoms with Gasteiger partial charge in [0.05, 0.1) is 7.11 Å². The predicted octanol–water partition coefficient (Wildman–Crippen LogP) is 3.23. The Bertz CT molecular complexity index is 739. The second kappa shape index (κ2) is 7.55. The van der Waals surface area contributed by atoms with Crippen molar-refractivity contribution in [2.24, 2.45) is 4.99 Å². The smallest absolute Gasteiger partial charge is 0.191 e. The molecule has 0 unspecified atom stereocenters. The molecule has 3 rings (SSSR count). The number of nitrogens with zero attached hydrogens (tertiary/aromatic N) is 1. The fourth-order valence-corrected chi connectivity index (χ4v) is 2.96. The molecule has 0 spiro atoms. The molecule has 2 N–H and O–H groups in total. The van der Waals surface area contributed by atoms with Crippen LogP contribution >= 0.6 is 0 Å². The average molecular weight is 341 g/mol. The van der Waals surface area contributed by atoms with Crippen LogP contribution in [0.15, 0.2) is 53.5 Å². The van der Waals surface area contributed by atoms with Crippen LogP contribution in [0.3, 0.4) is 0 Å². The first-order valence-electron chi connectivity index (χ1n) is 8.49. The number of nitrogens with one attached hydrogen (secondary N) is 2. The van der Waals surface area contributed by atoms with Crippen LogP contribution in [0.1, 0.15) is 24.0 Å². The van der Waals surface area contributed by atoms with E-state index in [4.69, 9.17) is 4.74 Å². The SMILES string of the molecule is CN=C(NCc1cccc(OC)c1)NCC1(c2ccc(F)cc2)CC1. The summed E-state index contributed by atoms with van der Waals surface area (Å²) in [7, 11) is 3.43. The first kappa shape index (κ1) is 17.3. The van der Waals surface area contributed by atoms with Gasteiger partial charge >= 0.3 is 0 Å². The molecule has 0 radical (unpaired) electrons. The first-order valence-corrected chi connectivity index (χ1v) is 8.49. The normalized spacial score (nSPS) is 15.6. The highest BCUT2D eigenvalue weighted by atomic mass is 19.1. The summed E-state index contributed by atoms with van der Waals surface area (Å²) < 4.78 is 18.4. The zero-order chi connectivity index (χ0) is 17.7. The van der Waals surface area contributed by atoms with Crippen molar-refractivity contribution in [1.82, 2.24) is 10.6 Å². The topological polar surface area (TPSA) is 45.7 Å². The van der Waals surface area contributed by atoms with Crippen LogP contribution in [0.5, 0.6) is 5.75 Å². The lowest BCUT2D eigenvalue weighted by Crippen LogP contribution is -2.40. The minimum atomic E-state index is -0.191. The molecule has 0 aliphatic heterocycles. The molecule has 0 heterocycles. The Morgan fingerprint density at radius 2 is 1.92 bits per heavy atom. The van der Waals surface area contributed by atoms with Crippen LogP contribution in [0.4, 0.5) is 4.39 Å². The quantitative estimate of drug-likeness (QED) is 0.626. The number of halogens is 1. The molecule has 1 saturated carbocycles. The van der Waals surface area contributed by atoms with E-state index in [0.717, 1.165) is 36.7 Å². The molecule has 2 aromatic carbocycles. The minimum Gasteiger partial charge on any atom is -0.497 e. The van der Waals surface area contributed by atoms with Crippen molar-refractivity contribution in [3.8, 4) is 5.75 Å². The van der Waals surface area contributed by atoms with E-state index in [2.05, 4.69) is 15.6 Å². The van der Waals surface area contributed by atoms with E-state index < -0.39 is 0 Å². The van der Waals surface area contributed by atoms with E-state index >= 15 is 0 Å². The summed E-state index contributed by atoms with van der Waals surface area (Å²) in [5.41, 5.74) is 2.41. The van der Waals surface area contributed by atoms with E-state index in [1.54, 1.807) is 14.2 Å². The van der Waals surface area contributed by atoms with Crippen LogP contribution in [0.2, 0.25) is 0 Å². The van der Waals surface area contributed by atoms with E-state index in [9.17, 15) is 4.39 Å². The maximum absolute atomic E-state index is 13.1. The second-order valence-electron chi connectivity index (χ2n) is 6.42. The first-order chi connectivity index (χ1) is 12.1. The molecular formula is C20H24FN3O. The molecule has 2 aromatic rings. The van der Waals surface area contributed by atoms with Gasteiger partial charge in [0.2, 0.25) is 0 Å².